The fraction of sp³-hybridized carbons (Fsp3) is 0.0714. The van der Waals surface area contributed by atoms with Crippen molar-refractivity contribution in [2.75, 3.05) is 11.1 Å². The SMILES string of the molecule is CC(=O)Nc1cc(S(=O)(=O)c2ccccc2)ccc1N. The van der Waals surface area contributed by atoms with Crippen LogP contribution in [0.4, 0.5) is 11.4 Å². The minimum Gasteiger partial charge on any atom is -0.397 e. The summed E-state index contributed by atoms with van der Waals surface area (Å²) in [4.78, 5) is 11.4. The van der Waals surface area contributed by atoms with Gasteiger partial charge in [-0.15, -0.1) is 0 Å². The summed E-state index contributed by atoms with van der Waals surface area (Å²) in [7, 11) is -3.62. The number of carbonyl (C=O) groups is 1. The Morgan fingerprint density at radius 2 is 1.70 bits per heavy atom. The van der Waals surface area contributed by atoms with E-state index in [1.165, 1.54) is 37.3 Å². The van der Waals surface area contributed by atoms with Gasteiger partial charge in [-0.2, -0.15) is 0 Å². The summed E-state index contributed by atoms with van der Waals surface area (Å²) >= 11 is 0. The van der Waals surface area contributed by atoms with E-state index in [4.69, 9.17) is 5.73 Å². The number of benzene rings is 2. The van der Waals surface area contributed by atoms with Crippen molar-refractivity contribution >= 4 is 27.1 Å². The Hall–Kier alpha value is -2.34. The van der Waals surface area contributed by atoms with Gasteiger partial charge in [0.1, 0.15) is 0 Å². The highest BCUT2D eigenvalue weighted by molar-refractivity contribution is 7.91. The number of nitrogen functional groups attached to an aromatic ring is 1. The van der Waals surface area contributed by atoms with E-state index in [-0.39, 0.29) is 21.4 Å². The molecule has 0 bridgehead atoms. The number of hydrogen-bond donors (Lipinski definition) is 2. The van der Waals surface area contributed by atoms with E-state index in [2.05, 4.69) is 5.32 Å². The molecule has 104 valence electrons. The van der Waals surface area contributed by atoms with Crippen molar-refractivity contribution < 1.29 is 13.2 Å². The van der Waals surface area contributed by atoms with E-state index in [0.29, 0.717) is 5.69 Å². The molecule has 0 aliphatic rings. The molecule has 0 radical (unpaired) electrons. The van der Waals surface area contributed by atoms with E-state index in [0.717, 1.165) is 0 Å². The van der Waals surface area contributed by atoms with Crippen LogP contribution in [0.5, 0.6) is 0 Å². The second kappa shape index (κ2) is 5.34. The van der Waals surface area contributed by atoms with Crippen LogP contribution in [0.3, 0.4) is 0 Å². The lowest BCUT2D eigenvalue weighted by molar-refractivity contribution is -0.114. The maximum atomic E-state index is 12.4. The predicted octanol–water partition coefficient (Wildman–Crippen LogP) is 2.06. The molecule has 0 atom stereocenters. The lowest BCUT2D eigenvalue weighted by Gasteiger charge is -2.10. The van der Waals surface area contributed by atoms with Gasteiger partial charge in [0, 0.05) is 6.92 Å². The molecular formula is C14H14N2O3S. The van der Waals surface area contributed by atoms with Crippen molar-refractivity contribution in [3.8, 4) is 0 Å². The zero-order valence-electron chi connectivity index (χ0n) is 10.8. The number of rotatable bonds is 3. The molecule has 0 aromatic heterocycles. The maximum Gasteiger partial charge on any atom is 0.221 e. The largest absolute Gasteiger partial charge is 0.397 e. The van der Waals surface area contributed by atoms with Crippen molar-refractivity contribution in [3.63, 3.8) is 0 Å². The van der Waals surface area contributed by atoms with Gasteiger partial charge in [-0.05, 0) is 30.3 Å². The molecule has 0 saturated carbocycles. The van der Waals surface area contributed by atoms with Crippen LogP contribution in [-0.2, 0) is 14.6 Å². The number of sulfone groups is 1. The monoisotopic (exact) mass is 290 g/mol. The standard InChI is InChI=1S/C14H14N2O3S/c1-10(17)16-14-9-12(7-8-13(14)15)20(18,19)11-5-3-2-4-6-11/h2-9H,15H2,1H3,(H,16,17). The highest BCUT2D eigenvalue weighted by Gasteiger charge is 2.18. The van der Waals surface area contributed by atoms with Gasteiger partial charge in [-0.25, -0.2) is 8.42 Å². The van der Waals surface area contributed by atoms with Crippen molar-refractivity contribution in [2.24, 2.45) is 0 Å². The Bertz CT molecular complexity index is 740. The van der Waals surface area contributed by atoms with E-state index >= 15 is 0 Å². The van der Waals surface area contributed by atoms with Crippen LogP contribution >= 0.6 is 0 Å². The summed E-state index contributed by atoms with van der Waals surface area (Å²) in [5.74, 6) is -0.314. The third kappa shape index (κ3) is 2.80. The van der Waals surface area contributed by atoms with Crippen LogP contribution in [0.2, 0.25) is 0 Å². The van der Waals surface area contributed by atoms with Crippen molar-refractivity contribution in [3.05, 3.63) is 48.5 Å². The zero-order valence-corrected chi connectivity index (χ0v) is 11.6. The number of anilines is 2. The van der Waals surface area contributed by atoms with Crippen LogP contribution in [0.15, 0.2) is 58.3 Å². The summed E-state index contributed by atoms with van der Waals surface area (Å²) in [6.45, 7) is 1.33. The highest BCUT2D eigenvalue weighted by Crippen LogP contribution is 2.27. The normalized spacial score (nSPS) is 11.1. The van der Waals surface area contributed by atoms with Crippen molar-refractivity contribution in [1.82, 2.24) is 0 Å². The molecule has 2 rings (SSSR count). The fourth-order valence-electron chi connectivity index (χ4n) is 1.74. The van der Waals surface area contributed by atoms with E-state index < -0.39 is 9.84 Å². The Morgan fingerprint density at radius 1 is 1.05 bits per heavy atom. The van der Waals surface area contributed by atoms with Gasteiger partial charge in [-0.1, -0.05) is 18.2 Å². The first kappa shape index (κ1) is 14.1. The van der Waals surface area contributed by atoms with Gasteiger partial charge in [0.2, 0.25) is 15.7 Å². The van der Waals surface area contributed by atoms with Crippen LogP contribution < -0.4 is 11.1 Å². The zero-order chi connectivity index (χ0) is 14.8. The Balaban J connectivity index is 2.51. The summed E-state index contributed by atoms with van der Waals surface area (Å²) < 4.78 is 24.9. The Kier molecular flexibility index (Phi) is 3.76. The molecule has 0 aliphatic carbocycles. The minimum atomic E-state index is -3.62. The summed E-state index contributed by atoms with van der Waals surface area (Å²) in [6, 6.07) is 12.3. The quantitative estimate of drug-likeness (QED) is 0.847. The molecule has 2 aromatic rings. The summed E-state index contributed by atoms with van der Waals surface area (Å²) in [6.07, 6.45) is 0. The molecular weight excluding hydrogens is 276 g/mol. The van der Waals surface area contributed by atoms with Crippen LogP contribution in [0.1, 0.15) is 6.92 Å². The summed E-state index contributed by atoms with van der Waals surface area (Å²) in [5.41, 5.74) is 6.31. The first-order chi connectivity index (χ1) is 9.41. The highest BCUT2D eigenvalue weighted by atomic mass is 32.2. The number of amides is 1. The molecule has 2 aromatic carbocycles. The van der Waals surface area contributed by atoms with Gasteiger partial charge in [0.25, 0.3) is 0 Å². The van der Waals surface area contributed by atoms with Gasteiger partial charge >= 0.3 is 0 Å². The average Bonchev–Trinajstić information content (AvgIpc) is 2.41. The Labute approximate surface area is 117 Å². The molecule has 0 spiro atoms. The molecule has 20 heavy (non-hydrogen) atoms. The second-order valence-electron chi connectivity index (χ2n) is 4.25. The van der Waals surface area contributed by atoms with Crippen LogP contribution in [0.25, 0.3) is 0 Å². The molecule has 6 heteroatoms. The van der Waals surface area contributed by atoms with Crippen LogP contribution in [-0.4, -0.2) is 14.3 Å². The fourth-order valence-corrected chi connectivity index (χ4v) is 3.04. The van der Waals surface area contributed by atoms with Gasteiger partial charge in [-0.3, -0.25) is 4.79 Å². The van der Waals surface area contributed by atoms with Gasteiger partial charge in [0.05, 0.1) is 21.2 Å². The van der Waals surface area contributed by atoms with Gasteiger partial charge in [0.15, 0.2) is 0 Å². The number of nitrogens with two attached hydrogens (primary N) is 1. The van der Waals surface area contributed by atoms with Crippen molar-refractivity contribution in [1.29, 1.82) is 0 Å². The third-order valence-electron chi connectivity index (χ3n) is 2.70. The molecule has 0 heterocycles. The summed E-state index contributed by atoms with van der Waals surface area (Å²) in [5, 5.41) is 2.51. The smallest absolute Gasteiger partial charge is 0.221 e. The molecule has 0 aliphatic heterocycles. The maximum absolute atomic E-state index is 12.4. The molecule has 0 saturated heterocycles. The lowest BCUT2D eigenvalue weighted by atomic mass is 10.2. The average molecular weight is 290 g/mol. The first-order valence-corrected chi connectivity index (χ1v) is 7.37. The van der Waals surface area contributed by atoms with Crippen LogP contribution in [0, 0.1) is 0 Å². The van der Waals surface area contributed by atoms with E-state index in [9.17, 15) is 13.2 Å². The number of nitrogens with one attached hydrogen (secondary N) is 1. The predicted molar refractivity (Wildman–Crippen MR) is 77.1 cm³/mol. The lowest BCUT2D eigenvalue weighted by Crippen LogP contribution is -2.10. The molecule has 3 N–H and O–H groups in total. The minimum absolute atomic E-state index is 0.0849. The molecule has 1 amide bonds. The molecule has 5 nitrogen and oxygen atoms in total. The number of hydrogen-bond acceptors (Lipinski definition) is 4. The van der Waals surface area contributed by atoms with E-state index in [1.54, 1.807) is 18.2 Å². The van der Waals surface area contributed by atoms with E-state index in [1.807, 2.05) is 0 Å². The number of carbonyl (C=O) groups excluding carboxylic acids is 1. The Morgan fingerprint density at radius 3 is 2.30 bits per heavy atom. The molecule has 0 fully saturated rings. The topological polar surface area (TPSA) is 89.3 Å². The van der Waals surface area contributed by atoms with Crippen molar-refractivity contribution in [2.45, 2.75) is 16.7 Å². The first-order valence-electron chi connectivity index (χ1n) is 5.88. The second-order valence-corrected chi connectivity index (χ2v) is 6.20. The van der Waals surface area contributed by atoms with Gasteiger partial charge < -0.3 is 11.1 Å². The third-order valence-corrected chi connectivity index (χ3v) is 4.47. The molecule has 0 unspecified atom stereocenters.